The van der Waals surface area contributed by atoms with Gasteiger partial charge in [0.25, 0.3) is 0 Å². The van der Waals surface area contributed by atoms with E-state index in [-0.39, 0.29) is 12.8 Å². The van der Waals surface area contributed by atoms with Crippen molar-refractivity contribution in [2.24, 2.45) is 0 Å². The maximum absolute atomic E-state index is 10.1. The summed E-state index contributed by atoms with van der Waals surface area (Å²) in [5.74, 6) is -6.80. The molecule has 0 bridgehead atoms. The summed E-state index contributed by atoms with van der Waals surface area (Å²) >= 11 is 1.68. The molecule has 0 aromatic rings. The summed E-state index contributed by atoms with van der Waals surface area (Å²) in [4.78, 5) is 40.1. The quantitative estimate of drug-likeness (QED) is 0.277. The Labute approximate surface area is 171 Å². The molecule has 0 aromatic heterocycles. The topological polar surface area (TPSA) is 201 Å². The van der Waals surface area contributed by atoms with Crippen LogP contribution in [0.1, 0.15) is 59.3 Å². The number of hydrogen-bond donors (Lipinski definition) is 2. The van der Waals surface area contributed by atoms with Gasteiger partial charge in [-0.15, -0.1) is 0 Å². The van der Waals surface area contributed by atoms with Crippen LogP contribution in [0.15, 0.2) is 0 Å². The molecule has 154 valence electrons. The third-order valence-corrected chi connectivity index (χ3v) is 4.34. The summed E-state index contributed by atoms with van der Waals surface area (Å²) < 4.78 is 1.43. The Balaban J connectivity index is -0.000000344. The second-order valence-electron chi connectivity index (χ2n) is 5.55. The molecule has 0 saturated carbocycles. The fourth-order valence-electron chi connectivity index (χ4n) is 1.34. The van der Waals surface area contributed by atoms with Gasteiger partial charge < -0.3 is 49.8 Å². The zero-order valence-corrected chi connectivity index (χ0v) is 18.5. The van der Waals surface area contributed by atoms with Crippen LogP contribution < -0.4 is 20.4 Å². The zero-order chi connectivity index (χ0) is 22.3. The first-order valence-electron chi connectivity index (χ1n) is 8.18. The summed E-state index contributed by atoms with van der Waals surface area (Å²) in [6.07, 6.45) is 0.480. The Morgan fingerprint density at radius 1 is 0.778 bits per heavy atom. The van der Waals surface area contributed by atoms with Crippen molar-refractivity contribution in [3.63, 3.8) is 0 Å². The maximum atomic E-state index is 10.1. The second kappa shape index (κ2) is 15.6. The van der Waals surface area contributed by atoms with E-state index in [1.807, 2.05) is 0 Å². The molecule has 0 rings (SSSR count). The molecule has 0 aromatic carbocycles. The molecule has 11 heteroatoms. The molecule has 0 aliphatic carbocycles. The third kappa shape index (κ3) is 15.4. The Bertz CT molecular complexity index is 440. The van der Waals surface area contributed by atoms with Gasteiger partial charge in [0.1, 0.15) is 11.2 Å². The number of carbonyl (C=O) groups excluding carboxylic acids is 4. The van der Waals surface area contributed by atoms with E-state index in [4.69, 9.17) is 10.2 Å². The molecule has 0 spiro atoms. The van der Waals surface area contributed by atoms with Gasteiger partial charge in [-0.3, -0.25) is 0 Å². The van der Waals surface area contributed by atoms with Gasteiger partial charge in [-0.25, -0.2) is 0 Å². The number of carbonyl (C=O) groups is 4. The van der Waals surface area contributed by atoms with Gasteiger partial charge in [0.05, 0.1) is 11.9 Å². The van der Waals surface area contributed by atoms with E-state index in [1.165, 1.54) is 31.1 Å². The van der Waals surface area contributed by atoms with Crippen molar-refractivity contribution in [2.45, 2.75) is 74.9 Å². The summed E-state index contributed by atoms with van der Waals surface area (Å²) in [5.41, 5.74) is -4.59. The van der Waals surface area contributed by atoms with Crippen LogP contribution >= 0.6 is 0 Å². The number of rotatable bonds is 10. The Morgan fingerprint density at radius 3 is 1.11 bits per heavy atom. The van der Waals surface area contributed by atoms with Crippen LogP contribution in [-0.4, -0.2) is 67.8 Å². The summed E-state index contributed by atoms with van der Waals surface area (Å²) in [7, 11) is 0. The van der Waals surface area contributed by atoms with Crippen molar-refractivity contribution in [3.05, 3.63) is 0 Å². The minimum absolute atomic E-state index is 0.219. The first kappa shape index (κ1) is 30.3. The molecule has 27 heavy (non-hydrogen) atoms. The van der Waals surface area contributed by atoms with Crippen LogP contribution in [-0.2, 0) is 19.2 Å². The van der Waals surface area contributed by atoms with Gasteiger partial charge in [0.2, 0.25) is 0 Å². The predicted molar refractivity (Wildman–Crippen MR) is 85.2 cm³/mol. The molecule has 0 amide bonds. The van der Waals surface area contributed by atoms with E-state index in [0.717, 1.165) is 0 Å². The molecule has 0 aliphatic rings. The van der Waals surface area contributed by atoms with Crippen LogP contribution in [0.25, 0.3) is 0 Å². The SMILES string of the molecule is CCC(O)(CC(=O)[O-])C(=O)[O-].CCC(O)(CC(=O)[O-])C(=O)[O-].CCC[CH2][Sn+3]. The van der Waals surface area contributed by atoms with E-state index >= 15 is 0 Å². The van der Waals surface area contributed by atoms with E-state index in [9.17, 15) is 39.6 Å². The van der Waals surface area contributed by atoms with E-state index in [0.29, 0.717) is 0 Å². The number of hydrogen-bond acceptors (Lipinski definition) is 10. The molecular weight excluding hydrogens is 471 g/mol. The molecule has 0 fully saturated rings. The fraction of sp³-hybridized carbons (Fsp3) is 0.750. The van der Waals surface area contributed by atoms with E-state index < -0.39 is 47.9 Å². The molecule has 0 aliphatic heterocycles. The monoisotopic (exact) mass is 497 g/mol. The number of carboxylic acids is 4. The summed E-state index contributed by atoms with van der Waals surface area (Å²) in [6.45, 7) is 4.92. The Morgan fingerprint density at radius 2 is 1.07 bits per heavy atom. The Hall–Kier alpha value is -1.40. The van der Waals surface area contributed by atoms with Crippen molar-refractivity contribution in [3.8, 4) is 0 Å². The number of aliphatic carboxylic acids is 4. The van der Waals surface area contributed by atoms with Crippen molar-refractivity contribution >= 4 is 46.4 Å². The van der Waals surface area contributed by atoms with E-state index in [1.54, 1.807) is 22.5 Å². The van der Waals surface area contributed by atoms with Gasteiger partial charge in [-0.1, -0.05) is 13.8 Å². The van der Waals surface area contributed by atoms with Gasteiger partial charge in [0, 0.05) is 24.8 Å². The molecule has 2 unspecified atom stereocenters. The molecule has 0 radical (unpaired) electrons. The standard InChI is InChI=1S/2C6H10O5.C4H9.Sn/c2*1-2-6(11,5(9)10)3-4(7)8;1-3-4-2;/h2*11H,2-3H2,1H3,(H,7,8)(H,9,10);1,3-4H2,2H3;/q;;;+3/p-4. The normalized spacial score (nSPS) is 14.2. The molecule has 0 saturated heterocycles. The average molecular weight is 496 g/mol. The fourth-order valence-corrected chi connectivity index (χ4v) is 2.35. The molecular formula is C16H25O10Sn-. The van der Waals surface area contributed by atoms with Gasteiger partial charge in [-0.05, 0) is 12.8 Å². The Kier molecular flexibility index (Phi) is 17.6. The first-order valence-corrected chi connectivity index (χ1v) is 10.2. The summed E-state index contributed by atoms with van der Waals surface area (Å²) in [5, 5.41) is 58.1. The van der Waals surface area contributed by atoms with Crippen LogP contribution in [0.4, 0.5) is 0 Å². The number of unbranched alkanes of at least 4 members (excludes halogenated alkanes) is 1. The number of carboxylic acid groups (broad SMARTS) is 4. The third-order valence-electron chi connectivity index (χ3n) is 3.33. The van der Waals surface area contributed by atoms with Crippen LogP contribution in [0.2, 0.25) is 4.44 Å². The molecule has 10 nitrogen and oxygen atoms in total. The van der Waals surface area contributed by atoms with Crippen LogP contribution in [0.3, 0.4) is 0 Å². The zero-order valence-electron chi connectivity index (χ0n) is 15.6. The minimum atomic E-state index is -2.29. The second-order valence-corrected chi connectivity index (χ2v) is 6.97. The average Bonchev–Trinajstić information content (AvgIpc) is 2.55. The van der Waals surface area contributed by atoms with Crippen molar-refractivity contribution in [2.75, 3.05) is 0 Å². The number of aliphatic hydroxyl groups is 2. The van der Waals surface area contributed by atoms with Crippen molar-refractivity contribution < 1.29 is 49.8 Å². The summed E-state index contributed by atoms with van der Waals surface area (Å²) in [6, 6.07) is 0. The molecule has 0 heterocycles. The van der Waals surface area contributed by atoms with Crippen LogP contribution in [0, 0.1) is 0 Å². The van der Waals surface area contributed by atoms with Crippen LogP contribution in [0.5, 0.6) is 0 Å². The molecule has 2 N–H and O–H groups in total. The van der Waals surface area contributed by atoms with Crippen molar-refractivity contribution in [1.82, 2.24) is 0 Å². The van der Waals surface area contributed by atoms with E-state index in [2.05, 4.69) is 6.92 Å². The van der Waals surface area contributed by atoms with Gasteiger partial charge >= 0.3 is 46.7 Å². The van der Waals surface area contributed by atoms with Gasteiger partial charge in [0.15, 0.2) is 0 Å². The first-order chi connectivity index (χ1) is 12.3. The van der Waals surface area contributed by atoms with Crippen molar-refractivity contribution in [1.29, 1.82) is 0 Å². The molecule has 2 atom stereocenters. The predicted octanol–water partition coefficient (Wildman–Crippen LogP) is -4.59. The van der Waals surface area contributed by atoms with Gasteiger partial charge in [-0.2, -0.15) is 0 Å².